The maximum atomic E-state index is 12.3. The molecule has 26 heavy (non-hydrogen) atoms. The molecular formula is C19H23N3O3S. The second-order valence-electron chi connectivity index (χ2n) is 6.28. The van der Waals surface area contributed by atoms with Crippen molar-refractivity contribution in [3.05, 3.63) is 63.2 Å². The summed E-state index contributed by atoms with van der Waals surface area (Å²) >= 11 is 1.68. The van der Waals surface area contributed by atoms with Gasteiger partial charge in [0, 0.05) is 17.5 Å². The molecule has 7 heteroatoms. The monoisotopic (exact) mass is 373 g/mol. The number of anilines is 1. The molecule has 1 N–H and O–H groups in total. The van der Waals surface area contributed by atoms with Crippen LogP contribution in [0.4, 0.5) is 11.4 Å². The van der Waals surface area contributed by atoms with E-state index in [1.807, 2.05) is 56.3 Å². The van der Waals surface area contributed by atoms with E-state index in [1.54, 1.807) is 17.8 Å². The molecule has 0 spiro atoms. The highest BCUT2D eigenvalue weighted by molar-refractivity contribution is 7.98. The zero-order valence-corrected chi connectivity index (χ0v) is 16.2. The maximum absolute atomic E-state index is 12.3. The van der Waals surface area contributed by atoms with E-state index in [4.69, 9.17) is 0 Å². The Bertz CT molecular complexity index is 806. The van der Waals surface area contributed by atoms with Gasteiger partial charge < -0.3 is 5.32 Å². The molecule has 2 rings (SSSR count). The largest absolute Gasteiger partial charge is 0.319 e. The third-order valence-corrected chi connectivity index (χ3v) is 4.85. The van der Waals surface area contributed by atoms with E-state index in [2.05, 4.69) is 5.32 Å². The number of nitro groups is 1. The van der Waals surface area contributed by atoms with Gasteiger partial charge in [-0.1, -0.05) is 12.1 Å². The number of aryl methyl sites for hydroxylation is 2. The number of rotatable bonds is 7. The molecule has 0 aliphatic rings. The standard InChI is InChI=1S/C19H23N3O3S/c1-13-9-17(18(22(24)25)10-14(13)2)20-19(23)12-21(3)11-15-5-7-16(26-4)8-6-15/h5-10H,11-12H2,1-4H3,(H,20,23). The number of nitro benzene ring substituents is 1. The number of nitrogens with one attached hydrogen (secondary N) is 1. The van der Waals surface area contributed by atoms with Crippen LogP contribution in [0.15, 0.2) is 41.3 Å². The Morgan fingerprint density at radius 1 is 1.19 bits per heavy atom. The zero-order valence-electron chi connectivity index (χ0n) is 15.4. The van der Waals surface area contributed by atoms with Gasteiger partial charge >= 0.3 is 0 Å². The number of carbonyl (C=O) groups excluding carboxylic acids is 1. The minimum atomic E-state index is -0.473. The molecule has 138 valence electrons. The first-order chi connectivity index (χ1) is 12.3. The van der Waals surface area contributed by atoms with E-state index < -0.39 is 4.92 Å². The summed E-state index contributed by atoms with van der Waals surface area (Å²) in [6.45, 7) is 4.44. The number of benzene rings is 2. The lowest BCUT2D eigenvalue weighted by Gasteiger charge is -2.17. The molecule has 1 amide bonds. The van der Waals surface area contributed by atoms with Crippen LogP contribution < -0.4 is 5.32 Å². The highest BCUT2D eigenvalue weighted by atomic mass is 32.2. The third-order valence-electron chi connectivity index (χ3n) is 4.11. The van der Waals surface area contributed by atoms with Crippen LogP contribution in [0.3, 0.4) is 0 Å². The summed E-state index contributed by atoms with van der Waals surface area (Å²) in [5.74, 6) is -0.278. The van der Waals surface area contributed by atoms with E-state index in [0.717, 1.165) is 16.7 Å². The van der Waals surface area contributed by atoms with Crippen LogP contribution >= 0.6 is 11.8 Å². The molecule has 0 bridgehead atoms. The van der Waals surface area contributed by atoms with E-state index in [0.29, 0.717) is 6.54 Å². The number of likely N-dealkylation sites (N-methyl/N-ethyl adjacent to an activating group) is 1. The van der Waals surface area contributed by atoms with Crippen LogP contribution in [-0.4, -0.2) is 35.6 Å². The Morgan fingerprint density at radius 3 is 2.38 bits per heavy atom. The van der Waals surface area contributed by atoms with Crippen LogP contribution in [0.1, 0.15) is 16.7 Å². The van der Waals surface area contributed by atoms with Crippen LogP contribution in [0.5, 0.6) is 0 Å². The summed E-state index contributed by atoms with van der Waals surface area (Å²) in [5, 5.41) is 13.9. The SMILES string of the molecule is CSc1ccc(CN(C)CC(=O)Nc2cc(C)c(C)cc2[N+](=O)[O-])cc1. The number of hydrogen-bond donors (Lipinski definition) is 1. The molecule has 0 aromatic heterocycles. The van der Waals surface area contributed by atoms with Crippen molar-refractivity contribution in [1.29, 1.82) is 0 Å². The molecule has 0 atom stereocenters. The fourth-order valence-corrected chi connectivity index (χ4v) is 2.99. The van der Waals surface area contributed by atoms with Gasteiger partial charge in [0.15, 0.2) is 0 Å². The predicted octanol–water partition coefficient (Wildman–Crippen LogP) is 4.00. The van der Waals surface area contributed by atoms with Crippen molar-refractivity contribution in [2.75, 3.05) is 25.2 Å². The van der Waals surface area contributed by atoms with E-state index in [1.165, 1.54) is 11.0 Å². The Kier molecular flexibility index (Phi) is 6.76. The van der Waals surface area contributed by atoms with Gasteiger partial charge in [-0.3, -0.25) is 19.8 Å². The molecule has 0 unspecified atom stereocenters. The molecule has 0 aliphatic carbocycles. The predicted molar refractivity (Wildman–Crippen MR) is 106 cm³/mol. The van der Waals surface area contributed by atoms with E-state index in [-0.39, 0.29) is 23.8 Å². The molecule has 6 nitrogen and oxygen atoms in total. The fraction of sp³-hybridized carbons (Fsp3) is 0.316. The fourth-order valence-electron chi connectivity index (χ4n) is 2.59. The van der Waals surface area contributed by atoms with Crippen molar-refractivity contribution in [3.63, 3.8) is 0 Å². The smallest absolute Gasteiger partial charge is 0.293 e. The van der Waals surface area contributed by atoms with Crippen LogP contribution in [0, 0.1) is 24.0 Å². The van der Waals surface area contributed by atoms with Crippen molar-refractivity contribution in [3.8, 4) is 0 Å². The van der Waals surface area contributed by atoms with E-state index >= 15 is 0 Å². The molecule has 0 aliphatic heterocycles. The topological polar surface area (TPSA) is 75.5 Å². The molecule has 0 radical (unpaired) electrons. The summed E-state index contributed by atoms with van der Waals surface area (Å²) in [6, 6.07) is 11.3. The molecule has 2 aromatic rings. The molecule has 0 saturated heterocycles. The number of carbonyl (C=O) groups is 1. The van der Waals surface area contributed by atoms with Crippen molar-refractivity contribution in [2.24, 2.45) is 0 Å². The summed E-state index contributed by atoms with van der Waals surface area (Å²) in [6.07, 6.45) is 2.03. The average molecular weight is 373 g/mol. The van der Waals surface area contributed by atoms with Crippen molar-refractivity contribution < 1.29 is 9.72 Å². The second kappa shape index (κ2) is 8.82. The summed E-state index contributed by atoms with van der Waals surface area (Å²) in [7, 11) is 1.84. The van der Waals surface area contributed by atoms with Gasteiger partial charge in [0.25, 0.3) is 5.69 Å². The number of thioether (sulfide) groups is 1. The van der Waals surface area contributed by atoms with Gasteiger partial charge in [-0.25, -0.2) is 0 Å². The first kappa shape index (κ1) is 19.9. The Labute approximate surface area is 157 Å². The van der Waals surface area contributed by atoms with Crippen LogP contribution in [0.2, 0.25) is 0 Å². The number of amides is 1. The van der Waals surface area contributed by atoms with Gasteiger partial charge in [0.1, 0.15) is 5.69 Å². The Morgan fingerprint density at radius 2 is 1.81 bits per heavy atom. The molecule has 0 heterocycles. The molecule has 2 aromatic carbocycles. The average Bonchev–Trinajstić information content (AvgIpc) is 2.58. The van der Waals surface area contributed by atoms with Crippen molar-refractivity contribution in [1.82, 2.24) is 4.90 Å². The minimum Gasteiger partial charge on any atom is -0.319 e. The normalized spacial score (nSPS) is 10.8. The Hall–Kier alpha value is -2.38. The third kappa shape index (κ3) is 5.31. The highest BCUT2D eigenvalue weighted by Crippen LogP contribution is 2.27. The van der Waals surface area contributed by atoms with Gasteiger partial charge in [-0.05, 0) is 62.0 Å². The lowest BCUT2D eigenvalue weighted by Crippen LogP contribution is -2.30. The van der Waals surface area contributed by atoms with Crippen molar-refractivity contribution >= 4 is 29.0 Å². The Balaban J connectivity index is 2.01. The molecule has 0 saturated carbocycles. The lowest BCUT2D eigenvalue weighted by atomic mass is 10.1. The van der Waals surface area contributed by atoms with Gasteiger partial charge in [0.05, 0.1) is 11.5 Å². The summed E-state index contributed by atoms with van der Waals surface area (Å²) < 4.78 is 0. The van der Waals surface area contributed by atoms with Gasteiger partial charge in [0.2, 0.25) is 5.91 Å². The first-order valence-corrected chi connectivity index (χ1v) is 9.39. The molecular weight excluding hydrogens is 350 g/mol. The maximum Gasteiger partial charge on any atom is 0.293 e. The lowest BCUT2D eigenvalue weighted by molar-refractivity contribution is -0.384. The van der Waals surface area contributed by atoms with Crippen molar-refractivity contribution in [2.45, 2.75) is 25.3 Å². The first-order valence-electron chi connectivity index (χ1n) is 8.17. The number of hydrogen-bond acceptors (Lipinski definition) is 5. The highest BCUT2D eigenvalue weighted by Gasteiger charge is 2.18. The summed E-state index contributed by atoms with van der Waals surface area (Å²) in [4.78, 5) is 26.1. The number of nitrogens with zero attached hydrogens (tertiary/aromatic N) is 2. The zero-order chi connectivity index (χ0) is 19.3. The van der Waals surface area contributed by atoms with Gasteiger partial charge in [-0.15, -0.1) is 11.8 Å². The van der Waals surface area contributed by atoms with Crippen LogP contribution in [-0.2, 0) is 11.3 Å². The second-order valence-corrected chi connectivity index (χ2v) is 7.16. The summed E-state index contributed by atoms with van der Waals surface area (Å²) in [5.41, 5.74) is 2.97. The quantitative estimate of drug-likeness (QED) is 0.451. The van der Waals surface area contributed by atoms with E-state index in [9.17, 15) is 14.9 Å². The molecule has 0 fully saturated rings. The van der Waals surface area contributed by atoms with Crippen LogP contribution in [0.25, 0.3) is 0 Å². The minimum absolute atomic E-state index is 0.0863. The van der Waals surface area contributed by atoms with Gasteiger partial charge in [-0.2, -0.15) is 0 Å².